The van der Waals surface area contributed by atoms with Gasteiger partial charge >= 0.3 is 6.61 Å². The van der Waals surface area contributed by atoms with Gasteiger partial charge in [-0.2, -0.15) is 8.78 Å². The number of halogens is 3. The van der Waals surface area contributed by atoms with Crippen molar-refractivity contribution in [1.82, 2.24) is 10.6 Å². The van der Waals surface area contributed by atoms with Gasteiger partial charge in [-0.15, -0.1) is 24.0 Å². The van der Waals surface area contributed by atoms with Gasteiger partial charge in [-0.3, -0.25) is 0 Å². The minimum atomic E-state index is -2.96. The molecule has 0 bridgehead atoms. The summed E-state index contributed by atoms with van der Waals surface area (Å²) in [5.41, 5.74) is 1.32. The van der Waals surface area contributed by atoms with E-state index in [1.807, 2.05) is 25.1 Å². The highest BCUT2D eigenvalue weighted by molar-refractivity contribution is 14.0. The Morgan fingerprint density at radius 1 is 1.06 bits per heavy atom. The Bertz CT molecular complexity index is 931. The maximum absolute atomic E-state index is 12.8. The third-order valence-corrected chi connectivity index (χ3v) is 4.45. The van der Waals surface area contributed by atoms with Crippen LogP contribution in [0.15, 0.2) is 35.3 Å². The SMILES string of the molecule is CCNC(=NCc1cc2c(cc1OC(F)F)OCO2)NCc1cccc(OC)c1OC.I. The molecule has 176 valence electrons. The molecule has 0 spiro atoms. The molecule has 0 aliphatic carbocycles. The minimum absolute atomic E-state index is 0. The van der Waals surface area contributed by atoms with Crippen LogP contribution >= 0.6 is 24.0 Å². The van der Waals surface area contributed by atoms with E-state index in [-0.39, 0.29) is 43.1 Å². The van der Waals surface area contributed by atoms with Crippen molar-refractivity contribution in [2.24, 2.45) is 4.99 Å². The number of nitrogens with zero attached hydrogens (tertiary/aromatic N) is 1. The van der Waals surface area contributed by atoms with Gasteiger partial charge in [0.05, 0.1) is 20.8 Å². The average molecular weight is 565 g/mol. The second-order valence-electron chi connectivity index (χ2n) is 6.39. The van der Waals surface area contributed by atoms with Crippen molar-refractivity contribution in [2.45, 2.75) is 26.6 Å². The zero-order chi connectivity index (χ0) is 22.2. The molecule has 2 aromatic rings. The minimum Gasteiger partial charge on any atom is -0.493 e. The smallest absolute Gasteiger partial charge is 0.387 e. The predicted molar refractivity (Wildman–Crippen MR) is 126 cm³/mol. The molecule has 0 saturated heterocycles. The normalized spacial score (nSPS) is 12.2. The number of rotatable bonds is 9. The molecule has 2 N–H and O–H groups in total. The summed E-state index contributed by atoms with van der Waals surface area (Å²) >= 11 is 0. The molecule has 0 unspecified atom stereocenters. The number of alkyl halides is 2. The number of guanidine groups is 1. The van der Waals surface area contributed by atoms with Gasteiger partial charge in [-0.25, -0.2) is 4.99 Å². The van der Waals surface area contributed by atoms with Crippen LogP contribution in [-0.2, 0) is 13.1 Å². The molecule has 0 fully saturated rings. The zero-order valence-corrected chi connectivity index (χ0v) is 20.3. The molecule has 1 heterocycles. The van der Waals surface area contributed by atoms with Crippen LogP contribution < -0.4 is 34.3 Å². The Balaban J connectivity index is 0.00000363. The molecule has 32 heavy (non-hydrogen) atoms. The quantitative estimate of drug-likeness (QED) is 0.271. The van der Waals surface area contributed by atoms with Crippen molar-refractivity contribution in [1.29, 1.82) is 0 Å². The Labute approximate surface area is 202 Å². The lowest BCUT2D eigenvalue weighted by atomic mass is 10.1. The van der Waals surface area contributed by atoms with Gasteiger partial charge in [-0.05, 0) is 19.1 Å². The third kappa shape index (κ3) is 6.40. The number of methoxy groups -OCH3 is 2. The van der Waals surface area contributed by atoms with Gasteiger partial charge in [0.1, 0.15) is 5.75 Å². The lowest BCUT2D eigenvalue weighted by molar-refractivity contribution is -0.0505. The van der Waals surface area contributed by atoms with Crippen LogP contribution in [0.25, 0.3) is 0 Å². The number of hydrogen-bond acceptors (Lipinski definition) is 6. The standard InChI is InChI=1S/C21H25F2N3O5.HI/c1-4-24-21(25-10-13-6-5-7-15(27-2)19(13)28-3)26-11-14-8-17-18(30-12-29-17)9-16(14)31-20(22)23;/h5-9,20H,4,10-12H2,1-3H3,(H2,24,25,26);1H. The summed E-state index contributed by atoms with van der Waals surface area (Å²) in [5, 5.41) is 6.33. The van der Waals surface area contributed by atoms with Gasteiger partial charge in [0.25, 0.3) is 0 Å². The van der Waals surface area contributed by atoms with Crippen LogP contribution in [-0.4, -0.2) is 40.1 Å². The summed E-state index contributed by atoms with van der Waals surface area (Å²) < 4.78 is 51.7. The van der Waals surface area contributed by atoms with Crippen LogP contribution in [0, 0.1) is 0 Å². The van der Waals surface area contributed by atoms with E-state index in [1.54, 1.807) is 20.3 Å². The predicted octanol–water partition coefficient (Wildman–Crippen LogP) is 3.91. The number of hydrogen-bond donors (Lipinski definition) is 2. The van der Waals surface area contributed by atoms with Crippen molar-refractivity contribution >= 4 is 29.9 Å². The summed E-state index contributed by atoms with van der Waals surface area (Å²) in [5.74, 6) is 2.56. The molecule has 0 radical (unpaired) electrons. The largest absolute Gasteiger partial charge is 0.493 e. The van der Waals surface area contributed by atoms with Crippen LogP contribution in [0.3, 0.4) is 0 Å². The highest BCUT2D eigenvalue weighted by atomic mass is 127. The van der Waals surface area contributed by atoms with E-state index in [0.29, 0.717) is 47.6 Å². The second kappa shape index (κ2) is 12.4. The Hall–Kier alpha value is -2.70. The van der Waals surface area contributed by atoms with Gasteiger partial charge in [0, 0.05) is 30.3 Å². The maximum Gasteiger partial charge on any atom is 0.387 e. The topological polar surface area (TPSA) is 82.6 Å². The van der Waals surface area contributed by atoms with Crippen molar-refractivity contribution in [3.05, 3.63) is 41.5 Å². The monoisotopic (exact) mass is 565 g/mol. The van der Waals surface area contributed by atoms with Crippen molar-refractivity contribution in [2.75, 3.05) is 27.6 Å². The number of aliphatic imine (C=N–C) groups is 1. The molecule has 8 nitrogen and oxygen atoms in total. The summed E-state index contributed by atoms with van der Waals surface area (Å²) in [6.07, 6.45) is 0. The third-order valence-electron chi connectivity index (χ3n) is 4.45. The number of ether oxygens (including phenoxy) is 5. The molecule has 3 rings (SSSR count). The maximum atomic E-state index is 12.8. The number of para-hydroxylation sites is 1. The second-order valence-corrected chi connectivity index (χ2v) is 6.39. The first-order chi connectivity index (χ1) is 15.0. The molecule has 0 aromatic heterocycles. The molecule has 0 atom stereocenters. The highest BCUT2D eigenvalue weighted by Gasteiger charge is 2.20. The first kappa shape index (κ1) is 25.6. The van der Waals surface area contributed by atoms with E-state index in [1.165, 1.54) is 6.07 Å². The van der Waals surface area contributed by atoms with Crippen LogP contribution in [0.1, 0.15) is 18.1 Å². The first-order valence-electron chi connectivity index (χ1n) is 9.65. The van der Waals surface area contributed by atoms with Gasteiger partial charge < -0.3 is 34.3 Å². The lowest BCUT2D eigenvalue weighted by Crippen LogP contribution is -2.36. The molecule has 0 amide bonds. The molecule has 11 heteroatoms. The summed E-state index contributed by atoms with van der Waals surface area (Å²) in [6.45, 7) is 0.104. The molecule has 1 aliphatic rings. The average Bonchev–Trinajstić information content (AvgIpc) is 3.21. The van der Waals surface area contributed by atoms with Gasteiger partial charge in [0.2, 0.25) is 6.79 Å². The molecule has 2 aromatic carbocycles. The first-order valence-corrected chi connectivity index (χ1v) is 9.65. The summed E-state index contributed by atoms with van der Waals surface area (Å²) in [4.78, 5) is 4.49. The zero-order valence-electron chi connectivity index (χ0n) is 17.9. The Morgan fingerprint density at radius 2 is 1.81 bits per heavy atom. The van der Waals surface area contributed by atoms with Crippen molar-refractivity contribution in [3.63, 3.8) is 0 Å². The number of fused-ring (bicyclic) bond motifs is 1. The van der Waals surface area contributed by atoms with Gasteiger partial charge in [0.15, 0.2) is 29.0 Å². The van der Waals surface area contributed by atoms with E-state index in [9.17, 15) is 8.78 Å². The van der Waals surface area contributed by atoms with E-state index in [4.69, 9.17) is 18.9 Å². The number of benzene rings is 2. The fourth-order valence-electron chi connectivity index (χ4n) is 3.07. The van der Waals surface area contributed by atoms with E-state index >= 15 is 0 Å². The Morgan fingerprint density at radius 3 is 2.47 bits per heavy atom. The van der Waals surface area contributed by atoms with Crippen molar-refractivity contribution < 1.29 is 32.5 Å². The molecule has 0 saturated carbocycles. The van der Waals surface area contributed by atoms with E-state index in [0.717, 1.165) is 5.56 Å². The van der Waals surface area contributed by atoms with Crippen molar-refractivity contribution in [3.8, 4) is 28.7 Å². The summed E-state index contributed by atoms with van der Waals surface area (Å²) in [7, 11) is 3.15. The molecule has 1 aliphatic heterocycles. The Kier molecular flexibility index (Phi) is 9.88. The van der Waals surface area contributed by atoms with E-state index in [2.05, 4.69) is 20.4 Å². The fourth-order valence-corrected chi connectivity index (χ4v) is 3.07. The highest BCUT2D eigenvalue weighted by Crippen LogP contribution is 2.39. The van der Waals surface area contributed by atoms with Crippen LogP contribution in [0.5, 0.6) is 28.7 Å². The molecular formula is C21H26F2IN3O5. The summed E-state index contributed by atoms with van der Waals surface area (Å²) in [6, 6.07) is 8.57. The molecular weight excluding hydrogens is 539 g/mol. The fraction of sp³-hybridized carbons (Fsp3) is 0.381. The van der Waals surface area contributed by atoms with Gasteiger partial charge in [-0.1, -0.05) is 12.1 Å². The lowest BCUT2D eigenvalue weighted by Gasteiger charge is -2.16. The van der Waals surface area contributed by atoms with Crippen LogP contribution in [0.4, 0.5) is 8.78 Å². The number of nitrogens with one attached hydrogen (secondary N) is 2. The van der Waals surface area contributed by atoms with E-state index < -0.39 is 6.61 Å². The van der Waals surface area contributed by atoms with Crippen LogP contribution in [0.2, 0.25) is 0 Å².